The molecule has 0 amide bonds. The maximum atomic E-state index is 13.0. The van der Waals surface area contributed by atoms with Crippen LogP contribution in [-0.2, 0) is 0 Å². The molecule has 0 fully saturated rings. The van der Waals surface area contributed by atoms with E-state index in [1.807, 2.05) is 11.9 Å². The van der Waals surface area contributed by atoms with Gasteiger partial charge in [0.2, 0.25) is 0 Å². The van der Waals surface area contributed by atoms with Crippen LogP contribution in [0.25, 0.3) is 0 Å². The van der Waals surface area contributed by atoms with E-state index in [1.54, 1.807) is 6.07 Å². The van der Waals surface area contributed by atoms with E-state index in [0.29, 0.717) is 18.2 Å². The molecule has 90 valence electrons. The van der Waals surface area contributed by atoms with Crippen LogP contribution in [-0.4, -0.2) is 20.1 Å². The number of hydrogen-bond donors (Lipinski definition) is 1. The molecule has 1 aromatic rings. The highest BCUT2D eigenvalue weighted by molar-refractivity contribution is 5.45. The summed E-state index contributed by atoms with van der Waals surface area (Å²) in [6.45, 7) is 3.51. The zero-order valence-corrected chi connectivity index (χ0v) is 9.71. The maximum absolute atomic E-state index is 13.0. The number of nitrogens with zero attached hydrogens (tertiary/aromatic N) is 1. The van der Waals surface area contributed by atoms with Crippen LogP contribution in [0.3, 0.4) is 0 Å². The lowest BCUT2D eigenvalue weighted by molar-refractivity contribution is 0.506. The maximum Gasteiger partial charge on any atom is 0.160 e. The van der Waals surface area contributed by atoms with Crippen molar-refractivity contribution in [3.05, 3.63) is 29.8 Å². The monoisotopic (exact) mass is 228 g/mol. The van der Waals surface area contributed by atoms with Gasteiger partial charge in [-0.15, -0.1) is 0 Å². The van der Waals surface area contributed by atoms with Crippen molar-refractivity contribution in [1.82, 2.24) is 0 Å². The van der Waals surface area contributed by atoms with Gasteiger partial charge < -0.3 is 10.6 Å². The predicted molar refractivity (Wildman–Crippen MR) is 62.5 cm³/mol. The van der Waals surface area contributed by atoms with Crippen molar-refractivity contribution in [2.75, 3.05) is 25.0 Å². The lowest BCUT2D eigenvalue weighted by atomic mass is 10.1. The van der Waals surface area contributed by atoms with Gasteiger partial charge in [-0.3, -0.25) is 0 Å². The Balaban J connectivity index is 2.65. The second-order valence-electron chi connectivity index (χ2n) is 4.16. The summed E-state index contributed by atoms with van der Waals surface area (Å²) in [5.74, 6) is -1.19. The topological polar surface area (TPSA) is 29.3 Å². The van der Waals surface area contributed by atoms with Crippen molar-refractivity contribution >= 4 is 5.69 Å². The van der Waals surface area contributed by atoms with Gasteiger partial charge in [0.1, 0.15) is 0 Å². The van der Waals surface area contributed by atoms with Crippen molar-refractivity contribution in [3.63, 3.8) is 0 Å². The van der Waals surface area contributed by atoms with Gasteiger partial charge in [-0.1, -0.05) is 6.92 Å². The summed E-state index contributed by atoms with van der Waals surface area (Å²) in [4.78, 5) is 1.91. The number of nitrogens with two attached hydrogens (primary N) is 1. The molecular formula is C12H18F2N2. The zero-order chi connectivity index (χ0) is 12.1. The molecule has 0 aliphatic rings. The van der Waals surface area contributed by atoms with Crippen molar-refractivity contribution in [3.8, 4) is 0 Å². The van der Waals surface area contributed by atoms with E-state index in [2.05, 4.69) is 6.92 Å². The zero-order valence-electron chi connectivity index (χ0n) is 9.71. The van der Waals surface area contributed by atoms with Gasteiger partial charge in [0.25, 0.3) is 0 Å². The second-order valence-corrected chi connectivity index (χ2v) is 4.16. The molecule has 1 rings (SSSR count). The minimum Gasteiger partial charge on any atom is -0.374 e. The van der Waals surface area contributed by atoms with Crippen LogP contribution in [0.1, 0.15) is 13.3 Å². The van der Waals surface area contributed by atoms with Gasteiger partial charge in [-0.05, 0) is 31.0 Å². The fourth-order valence-electron chi connectivity index (χ4n) is 1.67. The average molecular weight is 228 g/mol. The molecule has 0 heterocycles. The van der Waals surface area contributed by atoms with Gasteiger partial charge in [0.05, 0.1) is 0 Å². The Morgan fingerprint density at radius 3 is 2.56 bits per heavy atom. The lowest BCUT2D eigenvalue weighted by Crippen LogP contribution is -2.25. The standard InChI is InChI=1S/C12H18F2N2/c1-9(5-6-15)8-16(2)10-3-4-11(13)12(14)7-10/h3-4,7,9H,5-6,8,15H2,1-2H3. The van der Waals surface area contributed by atoms with Crippen molar-refractivity contribution in [2.24, 2.45) is 11.7 Å². The predicted octanol–water partition coefficient (Wildman–Crippen LogP) is 2.39. The van der Waals surface area contributed by atoms with Crippen LogP contribution in [0.2, 0.25) is 0 Å². The number of halogens is 2. The first-order valence-corrected chi connectivity index (χ1v) is 5.41. The molecule has 16 heavy (non-hydrogen) atoms. The summed E-state index contributed by atoms with van der Waals surface area (Å²) in [6.07, 6.45) is 0.925. The molecule has 1 aromatic carbocycles. The number of rotatable bonds is 5. The Morgan fingerprint density at radius 1 is 1.31 bits per heavy atom. The van der Waals surface area contributed by atoms with Crippen molar-refractivity contribution < 1.29 is 8.78 Å². The molecule has 0 radical (unpaired) electrons. The molecule has 0 aliphatic carbocycles. The van der Waals surface area contributed by atoms with Crippen LogP contribution in [0.15, 0.2) is 18.2 Å². The van der Waals surface area contributed by atoms with Gasteiger partial charge in [-0.25, -0.2) is 8.78 Å². The highest BCUT2D eigenvalue weighted by Gasteiger charge is 2.09. The minimum absolute atomic E-state index is 0.433. The molecule has 0 spiro atoms. The van der Waals surface area contributed by atoms with Gasteiger partial charge in [-0.2, -0.15) is 0 Å². The van der Waals surface area contributed by atoms with Crippen LogP contribution < -0.4 is 10.6 Å². The average Bonchev–Trinajstić information content (AvgIpc) is 2.22. The minimum atomic E-state index is -0.813. The van der Waals surface area contributed by atoms with Crippen LogP contribution in [0.4, 0.5) is 14.5 Å². The highest BCUT2D eigenvalue weighted by Crippen LogP contribution is 2.18. The van der Waals surface area contributed by atoms with E-state index in [0.717, 1.165) is 19.0 Å². The molecule has 0 saturated carbocycles. The van der Waals surface area contributed by atoms with Crippen LogP contribution in [0, 0.1) is 17.6 Å². The Kier molecular flexibility index (Phi) is 4.68. The quantitative estimate of drug-likeness (QED) is 0.838. The summed E-state index contributed by atoms with van der Waals surface area (Å²) in [5.41, 5.74) is 6.14. The molecule has 2 nitrogen and oxygen atoms in total. The molecular weight excluding hydrogens is 210 g/mol. The van der Waals surface area contributed by atoms with Crippen molar-refractivity contribution in [2.45, 2.75) is 13.3 Å². The van der Waals surface area contributed by atoms with E-state index in [1.165, 1.54) is 6.07 Å². The first-order valence-electron chi connectivity index (χ1n) is 5.41. The first-order chi connectivity index (χ1) is 7.54. The molecule has 0 bridgehead atoms. The highest BCUT2D eigenvalue weighted by atomic mass is 19.2. The molecule has 0 aliphatic heterocycles. The Labute approximate surface area is 95.1 Å². The van der Waals surface area contributed by atoms with E-state index in [4.69, 9.17) is 5.73 Å². The number of hydrogen-bond acceptors (Lipinski definition) is 2. The van der Waals surface area contributed by atoms with Gasteiger partial charge >= 0.3 is 0 Å². The third kappa shape index (κ3) is 3.45. The van der Waals surface area contributed by atoms with Crippen LogP contribution in [0.5, 0.6) is 0 Å². The Bertz CT molecular complexity index is 342. The summed E-state index contributed by atoms with van der Waals surface area (Å²) < 4.78 is 25.7. The summed E-state index contributed by atoms with van der Waals surface area (Å²) in [7, 11) is 1.86. The van der Waals surface area contributed by atoms with E-state index >= 15 is 0 Å². The Hall–Kier alpha value is -1.16. The third-order valence-electron chi connectivity index (χ3n) is 2.59. The van der Waals surface area contributed by atoms with Gasteiger partial charge in [0, 0.05) is 25.3 Å². The summed E-state index contributed by atoms with van der Waals surface area (Å²) in [6, 6.07) is 3.94. The first kappa shape index (κ1) is 12.9. The Morgan fingerprint density at radius 2 is 2.00 bits per heavy atom. The summed E-state index contributed by atoms with van der Waals surface area (Å²) in [5, 5.41) is 0. The fraction of sp³-hybridized carbons (Fsp3) is 0.500. The third-order valence-corrected chi connectivity index (χ3v) is 2.59. The number of anilines is 1. The SMILES string of the molecule is CC(CCN)CN(C)c1ccc(F)c(F)c1. The molecule has 0 saturated heterocycles. The molecule has 4 heteroatoms. The van der Waals surface area contributed by atoms with Crippen molar-refractivity contribution in [1.29, 1.82) is 0 Å². The van der Waals surface area contributed by atoms with E-state index < -0.39 is 11.6 Å². The fourth-order valence-corrected chi connectivity index (χ4v) is 1.67. The molecule has 1 unspecified atom stereocenters. The smallest absolute Gasteiger partial charge is 0.160 e. The molecule has 1 atom stereocenters. The molecule has 2 N–H and O–H groups in total. The van der Waals surface area contributed by atoms with E-state index in [-0.39, 0.29) is 0 Å². The summed E-state index contributed by atoms with van der Waals surface area (Å²) >= 11 is 0. The second kappa shape index (κ2) is 5.80. The largest absolute Gasteiger partial charge is 0.374 e. The molecule has 0 aromatic heterocycles. The van der Waals surface area contributed by atoms with Gasteiger partial charge in [0.15, 0.2) is 11.6 Å². The normalized spacial score (nSPS) is 12.6. The van der Waals surface area contributed by atoms with Crippen LogP contribution >= 0.6 is 0 Å². The number of benzene rings is 1. The lowest BCUT2D eigenvalue weighted by Gasteiger charge is -2.23. The van der Waals surface area contributed by atoms with E-state index in [9.17, 15) is 8.78 Å².